The predicted octanol–water partition coefficient (Wildman–Crippen LogP) is 3.93. The maximum absolute atomic E-state index is 5.95. The number of rotatable bonds is 3. The predicted molar refractivity (Wildman–Crippen MR) is 71.6 cm³/mol. The van der Waals surface area contributed by atoms with E-state index in [4.69, 9.17) is 8.96 Å². The van der Waals surface area contributed by atoms with Gasteiger partial charge in [-0.25, -0.2) is 0 Å². The first-order valence-electron chi connectivity index (χ1n) is 5.00. The minimum absolute atomic E-state index is 0.538. The first-order valence-corrected chi connectivity index (χ1v) is 9.30. The summed E-state index contributed by atoms with van der Waals surface area (Å²) in [7, 11) is 5.95. The Kier molecular flexibility index (Phi) is 4.48. The monoisotopic (exact) mass is 344 g/mol. The molecule has 2 heteroatoms. The third-order valence-electron chi connectivity index (χ3n) is 2.33. The molecule has 0 aliphatic heterocycles. The molecule has 0 saturated carbocycles. The summed E-state index contributed by atoms with van der Waals surface area (Å²) in [6, 6.07) is 20.8. The summed E-state index contributed by atoms with van der Waals surface area (Å²) in [5, 5.41) is 0. The van der Waals surface area contributed by atoms with Crippen molar-refractivity contribution in [2.45, 2.75) is 0 Å². The summed E-state index contributed by atoms with van der Waals surface area (Å²) >= 11 is -0.538. The minimum atomic E-state index is -0.538. The molecule has 0 heterocycles. The van der Waals surface area contributed by atoms with E-state index in [0.29, 0.717) is 0 Å². The summed E-state index contributed by atoms with van der Waals surface area (Å²) in [6.45, 7) is 0. The van der Waals surface area contributed by atoms with Gasteiger partial charge in [0, 0.05) is 0 Å². The van der Waals surface area contributed by atoms with Crippen LogP contribution in [0, 0.1) is 0 Å². The van der Waals surface area contributed by atoms with Gasteiger partial charge in [0.05, 0.1) is 0 Å². The molecule has 0 nitrogen and oxygen atoms in total. The third-order valence-corrected chi connectivity index (χ3v) is 3.86. The molecule has 2 rings (SSSR count). The van der Waals surface area contributed by atoms with E-state index in [1.807, 2.05) is 12.1 Å². The van der Waals surface area contributed by atoms with Crippen molar-refractivity contribution < 1.29 is 0 Å². The number of benzene rings is 2. The second-order valence-electron chi connectivity index (χ2n) is 3.35. The molecule has 0 spiro atoms. The summed E-state index contributed by atoms with van der Waals surface area (Å²) < 4.78 is 2.18. The van der Waals surface area contributed by atoms with Gasteiger partial charge in [-0.1, -0.05) is 0 Å². The Hall–Kier alpha value is -0.740. The van der Waals surface area contributed by atoms with Crippen LogP contribution in [0.1, 0.15) is 11.1 Å². The fourth-order valence-corrected chi connectivity index (χ4v) is 3.21. The van der Waals surface area contributed by atoms with E-state index in [1.165, 1.54) is 16.7 Å². The van der Waals surface area contributed by atoms with Crippen molar-refractivity contribution >= 4 is 34.3 Å². The van der Waals surface area contributed by atoms with E-state index in [0.717, 1.165) is 0 Å². The Bertz CT molecular complexity index is 421. The Labute approximate surface area is 110 Å². The van der Waals surface area contributed by atoms with Gasteiger partial charge in [0.25, 0.3) is 0 Å². The average Bonchev–Trinajstić information content (AvgIpc) is 2.38. The van der Waals surface area contributed by atoms with Crippen LogP contribution in [0.4, 0.5) is 0 Å². The van der Waals surface area contributed by atoms with E-state index in [1.54, 1.807) is 0 Å². The van der Waals surface area contributed by atoms with Gasteiger partial charge < -0.3 is 0 Å². The first-order chi connectivity index (χ1) is 7.92. The molecule has 0 atom stereocenters. The number of hydrogen-bond donors (Lipinski definition) is 0. The van der Waals surface area contributed by atoms with Gasteiger partial charge in [-0.05, 0) is 0 Å². The molecule has 0 aromatic heterocycles. The molecule has 80 valence electrons. The molecule has 16 heavy (non-hydrogen) atoms. The fourth-order valence-electron chi connectivity index (χ4n) is 1.58. The van der Waals surface area contributed by atoms with Crippen LogP contribution in [-0.4, -0.2) is 19.8 Å². The zero-order chi connectivity index (χ0) is 11.2. The van der Waals surface area contributed by atoms with E-state index in [9.17, 15) is 0 Å². The van der Waals surface area contributed by atoms with Crippen molar-refractivity contribution in [2.75, 3.05) is 0 Å². The maximum atomic E-state index is 5.95. The van der Waals surface area contributed by atoms with Crippen molar-refractivity contribution in [1.82, 2.24) is 0 Å². The van der Waals surface area contributed by atoms with Crippen LogP contribution < -0.4 is 0 Å². The van der Waals surface area contributed by atoms with Gasteiger partial charge in [0.2, 0.25) is 0 Å². The van der Waals surface area contributed by atoms with Crippen LogP contribution in [0.2, 0.25) is 0 Å². The van der Waals surface area contributed by atoms with Crippen molar-refractivity contribution in [3.05, 3.63) is 75.9 Å². The van der Waals surface area contributed by atoms with E-state index in [-0.39, 0.29) is 0 Å². The molecule has 0 fully saturated rings. The van der Waals surface area contributed by atoms with Crippen LogP contribution in [-0.2, 0) is 0 Å². The Morgan fingerprint density at radius 3 is 1.62 bits per heavy atom. The van der Waals surface area contributed by atoms with E-state index >= 15 is 0 Å². The molecule has 0 bridgehead atoms. The van der Waals surface area contributed by atoms with Crippen molar-refractivity contribution in [1.29, 1.82) is 0 Å². The Balaban J connectivity index is 2.44. The second kappa shape index (κ2) is 6.11. The van der Waals surface area contributed by atoms with Gasteiger partial charge in [0.1, 0.15) is 0 Å². The molecule has 2 aromatic rings. The number of halogens is 1. The summed E-state index contributed by atoms with van der Waals surface area (Å²) in [5.41, 5.74) is 3.72. The second-order valence-corrected chi connectivity index (χ2v) is 5.73. The molecule has 0 unspecified atom stereocenters. The molecule has 0 aliphatic rings. The molecule has 0 saturated heterocycles. The average molecular weight is 342 g/mol. The van der Waals surface area contributed by atoms with Crippen molar-refractivity contribution in [2.24, 2.45) is 0 Å². The van der Waals surface area contributed by atoms with Crippen LogP contribution in [0.3, 0.4) is 0 Å². The zero-order valence-electron chi connectivity index (χ0n) is 8.64. The number of hydrogen-bond acceptors (Lipinski definition) is 0. The molecule has 0 radical (unpaired) electrons. The van der Waals surface area contributed by atoms with Crippen LogP contribution in [0.5, 0.6) is 0 Å². The SMILES string of the molecule is Cl[Te]C=C(c1ccccc1)c1ccccc1. The first kappa shape index (κ1) is 11.7. The standard InChI is InChI=1S/C14H11ClTe/c15-16-11-14(12-7-3-1-4-8-12)13-9-5-2-6-10-13/h1-11H. The topological polar surface area (TPSA) is 0 Å². The van der Waals surface area contributed by atoms with Gasteiger partial charge >= 0.3 is 110 Å². The molecular weight excluding hydrogens is 331 g/mol. The Morgan fingerprint density at radius 1 is 0.812 bits per heavy atom. The van der Waals surface area contributed by atoms with Gasteiger partial charge in [0.15, 0.2) is 0 Å². The molecule has 2 aromatic carbocycles. The van der Waals surface area contributed by atoms with Crippen LogP contribution in [0.25, 0.3) is 5.57 Å². The molecule has 0 amide bonds. The normalized spacial score (nSPS) is 9.81. The summed E-state index contributed by atoms with van der Waals surface area (Å²) in [6.07, 6.45) is 0. The van der Waals surface area contributed by atoms with Gasteiger partial charge in [-0.15, -0.1) is 0 Å². The van der Waals surface area contributed by atoms with E-state index in [2.05, 4.69) is 52.7 Å². The van der Waals surface area contributed by atoms with Gasteiger partial charge in [-0.3, -0.25) is 0 Å². The fraction of sp³-hybridized carbons (Fsp3) is 0. The van der Waals surface area contributed by atoms with Crippen molar-refractivity contribution in [3.8, 4) is 0 Å². The Morgan fingerprint density at radius 2 is 1.25 bits per heavy atom. The molecule has 0 aliphatic carbocycles. The van der Waals surface area contributed by atoms with Crippen LogP contribution >= 0.6 is 8.96 Å². The summed E-state index contributed by atoms with van der Waals surface area (Å²) in [5.74, 6) is 0. The molecule has 0 N–H and O–H groups in total. The summed E-state index contributed by atoms with van der Waals surface area (Å²) in [4.78, 5) is 0. The van der Waals surface area contributed by atoms with E-state index < -0.39 is 19.8 Å². The third kappa shape index (κ3) is 2.89. The van der Waals surface area contributed by atoms with Crippen molar-refractivity contribution in [3.63, 3.8) is 0 Å². The zero-order valence-corrected chi connectivity index (χ0v) is 11.7. The molecular formula is C14H11ClTe. The van der Waals surface area contributed by atoms with Crippen LogP contribution in [0.15, 0.2) is 64.8 Å². The van der Waals surface area contributed by atoms with Gasteiger partial charge in [-0.2, -0.15) is 0 Å². The quantitative estimate of drug-likeness (QED) is 0.742.